The molecule has 4 nitrogen and oxygen atoms in total. The predicted octanol–water partition coefficient (Wildman–Crippen LogP) is 2.28. The number of rotatable bonds is 5. The highest BCUT2D eigenvalue weighted by Gasteiger charge is 2.22. The Morgan fingerprint density at radius 3 is 2.95 bits per heavy atom. The Kier molecular flexibility index (Phi) is 5.43. The fraction of sp³-hybridized carbons (Fsp3) is 0.533. The molecule has 2 rings (SSSR count). The molecule has 0 unspecified atom stereocenters. The smallest absolute Gasteiger partial charge is 0.260 e. The van der Waals surface area contributed by atoms with Crippen molar-refractivity contribution in [2.24, 2.45) is 5.92 Å². The van der Waals surface area contributed by atoms with E-state index in [0.717, 1.165) is 30.5 Å². The fourth-order valence-corrected chi connectivity index (χ4v) is 2.74. The van der Waals surface area contributed by atoms with E-state index in [2.05, 4.69) is 33.2 Å². The highest BCUT2D eigenvalue weighted by molar-refractivity contribution is 9.10. The Hall–Kier alpha value is -1.07. The van der Waals surface area contributed by atoms with Crippen LogP contribution in [0.25, 0.3) is 0 Å². The van der Waals surface area contributed by atoms with Gasteiger partial charge in [-0.3, -0.25) is 4.79 Å². The summed E-state index contributed by atoms with van der Waals surface area (Å²) in [5, 5.41) is 2.98. The van der Waals surface area contributed by atoms with Crippen molar-refractivity contribution in [1.29, 1.82) is 0 Å². The number of halogens is 1. The standard InChI is InChI=1S/C15H21BrN2O2/c1-11(20-14-6-4-3-5-13(14)16)15(19)17-9-12-7-8-18(2)10-12/h3-6,11-12H,7-10H2,1-2H3,(H,17,19)/t11-,12+/m0/s1. The maximum atomic E-state index is 12.0. The minimum absolute atomic E-state index is 0.0599. The topological polar surface area (TPSA) is 41.6 Å². The lowest BCUT2D eigenvalue weighted by Crippen LogP contribution is -2.39. The molecule has 110 valence electrons. The number of nitrogens with one attached hydrogen (secondary N) is 1. The van der Waals surface area contributed by atoms with Crippen LogP contribution in [0.5, 0.6) is 5.75 Å². The molecule has 0 radical (unpaired) electrons. The highest BCUT2D eigenvalue weighted by atomic mass is 79.9. The van der Waals surface area contributed by atoms with Crippen LogP contribution < -0.4 is 10.1 Å². The molecule has 1 N–H and O–H groups in total. The van der Waals surface area contributed by atoms with Gasteiger partial charge in [-0.25, -0.2) is 0 Å². The van der Waals surface area contributed by atoms with Crippen LogP contribution in [0, 0.1) is 5.92 Å². The Bertz CT molecular complexity index is 467. The first-order valence-electron chi connectivity index (χ1n) is 6.93. The van der Waals surface area contributed by atoms with Gasteiger partial charge < -0.3 is 15.0 Å². The summed E-state index contributed by atoms with van der Waals surface area (Å²) in [4.78, 5) is 14.3. The molecule has 2 atom stereocenters. The zero-order chi connectivity index (χ0) is 14.5. The van der Waals surface area contributed by atoms with E-state index >= 15 is 0 Å². The summed E-state index contributed by atoms with van der Waals surface area (Å²) >= 11 is 3.41. The van der Waals surface area contributed by atoms with Gasteiger partial charge in [0.1, 0.15) is 5.75 Å². The summed E-state index contributed by atoms with van der Waals surface area (Å²) in [5.74, 6) is 1.19. The number of nitrogens with zero attached hydrogens (tertiary/aromatic N) is 1. The van der Waals surface area contributed by atoms with Crippen molar-refractivity contribution in [3.63, 3.8) is 0 Å². The molecule has 0 bridgehead atoms. The van der Waals surface area contributed by atoms with E-state index < -0.39 is 6.10 Å². The highest BCUT2D eigenvalue weighted by Crippen LogP contribution is 2.24. The van der Waals surface area contributed by atoms with Gasteiger partial charge in [0.05, 0.1) is 4.47 Å². The lowest BCUT2D eigenvalue weighted by molar-refractivity contribution is -0.127. The van der Waals surface area contributed by atoms with E-state index in [4.69, 9.17) is 4.74 Å². The number of hydrogen-bond acceptors (Lipinski definition) is 3. The number of carbonyl (C=O) groups excluding carboxylic acids is 1. The second kappa shape index (κ2) is 7.09. The maximum Gasteiger partial charge on any atom is 0.260 e. The van der Waals surface area contributed by atoms with Gasteiger partial charge in [0.2, 0.25) is 0 Å². The molecular formula is C15H21BrN2O2. The summed E-state index contributed by atoms with van der Waals surface area (Å²) in [6, 6.07) is 7.55. The number of carbonyl (C=O) groups is 1. The van der Waals surface area contributed by atoms with Crippen LogP contribution in [0.3, 0.4) is 0 Å². The van der Waals surface area contributed by atoms with Crippen LogP contribution in [-0.2, 0) is 4.79 Å². The van der Waals surface area contributed by atoms with Crippen molar-refractivity contribution in [3.05, 3.63) is 28.7 Å². The molecule has 1 aromatic carbocycles. The lowest BCUT2D eigenvalue weighted by Gasteiger charge is -2.17. The van der Waals surface area contributed by atoms with Gasteiger partial charge in [-0.15, -0.1) is 0 Å². The molecule has 1 fully saturated rings. The van der Waals surface area contributed by atoms with Gasteiger partial charge in [0, 0.05) is 13.1 Å². The Balaban J connectivity index is 1.79. The van der Waals surface area contributed by atoms with E-state index in [-0.39, 0.29) is 5.91 Å². The van der Waals surface area contributed by atoms with Crippen molar-refractivity contribution in [2.75, 3.05) is 26.7 Å². The molecule has 5 heteroatoms. The largest absolute Gasteiger partial charge is 0.480 e. The number of likely N-dealkylation sites (tertiary alicyclic amines) is 1. The number of benzene rings is 1. The van der Waals surface area contributed by atoms with Gasteiger partial charge in [0.25, 0.3) is 5.91 Å². The quantitative estimate of drug-likeness (QED) is 0.894. The Labute approximate surface area is 128 Å². The molecule has 0 aromatic heterocycles. The lowest BCUT2D eigenvalue weighted by atomic mass is 10.1. The normalized spacial score (nSPS) is 20.6. The van der Waals surface area contributed by atoms with Crippen molar-refractivity contribution in [3.8, 4) is 5.75 Å². The molecule has 1 heterocycles. The van der Waals surface area contributed by atoms with E-state index in [1.165, 1.54) is 0 Å². The second-order valence-electron chi connectivity index (χ2n) is 5.35. The first kappa shape index (κ1) is 15.3. The van der Waals surface area contributed by atoms with Gasteiger partial charge in [-0.05, 0) is 60.9 Å². The summed E-state index contributed by atoms with van der Waals surface area (Å²) in [6.45, 7) is 4.67. The van der Waals surface area contributed by atoms with E-state index in [9.17, 15) is 4.79 Å². The molecule has 0 saturated carbocycles. The van der Waals surface area contributed by atoms with E-state index in [1.54, 1.807) is 6.92 Å². The molecule has 1 aromatic rings. The summed E-state index contributed by atoms with van der Waals surface area (Å²) in [7, 11) is 2.11. The molecule has 1 aliphatic rings. The number of hydrogen-bond donors (Lipinski definition) is 1. The molecule has 1 amide bonds. The predicted molar refractivity (Wildman–Crippen MR) is 82.8 cm³/mol. The number of amides is 1. The van der Waals surface area contributed by atoms with E-state index in [1.807, 2.05) is 24.3 Å². The molecule has 20 heavy (non-hydrogen) atoms. The van der Waals surface area contributed by atoms with Gasteiger partial charge in [0.15, 0.2) is 6.10 Å². The van der Waals surface area contributed by atoms with Crippen molar-refractivity contribution in [1.82, 2.24) is 10.2 Å². The second-order valence-corrected chi connectivity index (χ2v) is 6.21. The van der Waals surface area contributed by atoms with Crippen LogP contribution in [0.1, 0.15) is 13.3 Å². The van der Waals surface area contributed by atoms with Crippen LogP contribution in [0.4, 0.5) is 0 Å². The summed E-state index contributed by atoms with van der Waals surface area (Å²) in [5.41, 5.74) is 0. The van der Waals surface area contributed by atoms with Crippen LogP contribution in [0.15, 0.2) is 28.7 Å². The fourth-order valence-electron chi connectivity index (χ4n) is 2.37. The third kappa shape index (κ3) is 4.21. The molecule has 1 saturated heterocycles. The first-order valence-corrected chi connectivity index (χ1v) is 7.73. The number of para-hydroxylation sites is 1. The zero-order valence-electron chi connectivity index (χ0n) is 11.9. The minimum atomic E-state index is -0.493. The minimum Gasteiger partial charge on any atom is -0.480 e. The third-order valence-electron chi connectivity index (χ3n) is 3.56. The Morgan fingerprint density at radius 1 is 1.55 bits per heavy atom. The monoisotopic (exact) mass is 340 g/mol. The van der Waals surface area contributed by atoms with Crippen molar-refractivity contribution >= 4 is 21.8 Å². The average Bonchev–Trinajstić information content (AvgIpc) is 2.84. The van der Waals surface area contributed by atoms with E-state index in [0.29, 0.717) is 11.7 Å². The third-order valence-corrected chi connectivity index (χ3v) is 4.22. The van der Waals surface area contributed by atoms with Gasteiger partial charge in [-0.2, -0.15) is 0 Å². The van der Waals surface area contributed by atoms with Gasteiger partial charge in [-0.1, -0.05) is 12.1 Å². The zero-order valence-corrected chi connectivity index (χ0v) is 13.5. The van der Waals surface area contributed by atoms with Crippen molar-refractivity contribution in [2.45, 2.75) is 19.4 Å². The average molecular weight is 341 g/mol. The SMILES string of the molecule is C[C@H](Oc1ccccc1Br)C(=O)NC[C@H]1CCN(C)C1. The molecule has 0 aliphatic carbocycles. The molecule has 1 aliphatic heterocycles. The van der Waals surface area contributed by atoms with Crippen molar-refractivity contribution < 1.29 is 9.53 Å². The van der Waals surface area contributed by atoms with Crippen LogP contribution in [-0.4, -0.2) is 43.6 Å². The summed E-state index contributed by atoms with van der Waals surface area (Å²) < 4.78 is 6.53. The maximum absolute atomic E-state index is 12.0. The van der Waals surface area contributed by atoms with Gasteiger partial charge >= 0.3 is 0 Å². The molecule has 0 spiro atoms. The van der Waals surface area contributed by atoms with Crippen LogP contribution >= 0.6 is 15.9 Å². The number of ether oxygens (including phenoxy) is 1. The summed E-state index contributed by atoms with van der Waals surface area (Å²) in [6.07, 6.45) is 0.656. The first-order chi connectivity index (χ1) is 9.56. The Morgan fingerprint density at radius 2 is 2.30 bits per heavy atom. The molecular weight excluding hydrogens is 320 g/mol. The van der Waals surface area contributed by atoms with Crippen LogP contribution in [0.2, 0.25) is 0 Å².